The van der Waals surface area contributed by atoms with Crippen molar-refractivity contribution in [2.24, 2.45) is 0 Å². The third-order valence-corrected chi connectivity index (χ3v) is 5.54. The normalized spacial score (nSPS) is 16.4. The minimum absolute atomic E-state index is 0.0275. The Bertz CT molecular complexity index is 708. The lowest BCUT2D eigenvalue weighted by molar-refractivity contribution is 0.0192. The molecule has 0 aliphatic carbocycles. The van der Waals surface area contributed by atoms with E-state index in [-0.39, 0.29) is 44.4 Å². The molecule has 1 aliphatic heterocycles. The Morgan fingerprint density at radius 3 is 2.23 bits per heavy atom. The number of nitrogens with zero attached hydrogens (tertiary/aromatic N) is 2. The molecule has 0 saturated carbocycles. The van der Waals surface area contributed by atoms with Gasteiger partial charge in [0.05, 0.1) is 5.75 Å². The van der Waals surface area contributed by atoms with Crippen molar-refractivity contribution in [3.63, 3.8) is 0 Å². The fourth-order valence-electron chi connectivity index (χ4n) is 2.40. The van der Waals surface area contributed by atoms with E-state index in [0.717, 1.165) is 0 Å². The lowest BCUT2D eigenvalue weighted by atomic mass is 10.2. The molecule has 1 fully saturated rings. The average molecular weight is 388 g/mol. The quantitative estimate of drug-likeness (QED) is 0.772. The number of benzene rings is 1. The molecule has 1 amide bonds. The topological polar surface area (TPSA) is 76.2 Å². The van der Waals surface area contributed by atoms with Gasteiger partial charge in [0.2, 0.25) is 10.0 Å². The van der Waals surface area contributed by atoms with Crippen LogP contribution in [0.5, 0.6) is 5.75 Å². The van der Waals surface area contributed by atoms with Crippen LogP contribution in [0.4, 0.5) is 9.18 Å². The van der Waals surface area contributed by atoms with Gasteiger partial charge in [-0.2, -0.15) is 4.31 Å². The van der Waals surface area contributed by atoms with Crippen LogP contribution in [0, 0.1) is 5.82 Å². The van der Waals surface area contributed by atoms with Gasteiger partial charge in [-0.05, 0) is 45.0 Å². The first-order valence-corrected chi connectivity index (χ1v) is 10.0. The van der Waals surface area contributed by atoms with Crippen LogP contribution >= 0.6 is 0 Å². The zero-order valence-electron chi connectivity index (χ0n) is 15.3. The van der Waals surface area contributed by atoms with Gasteiger partial charge < -0.3 is 14.4 Å². The third-order valence-electron chi connectivity index (χ3n) is 3.71. The number of sulfonamides is 1. The van der Waals surface area contributed by atoms with E-state index in [0.29, 0.717) is 5.75 Å². The summed E-state index contributed by atoms with van der Waals surface area (Å²) in [5.74, 6) is -0.152. The maximum Gasteiger partial charge on any atom is 0.410 e. The molecule has 146 valence electrons. The second-order valence-corrected chi connectivity index (χ2v) is 9.07. The molecule has 26 heavy (non-hydrogen) atoms. The smallest absolute Gasteiger partial charge is 0.410 e. The Kier molecular flexibility index (Phi) is 6.46. The van der Waals surface area contributed by atoms with Crippen molar-refractivity contribution in [3.8, 4) is 5.75 Å². The van der Waals surface area contributed by atoms with E-state index in [2.05, 4.69) is 0 Å². The van der Waals surface area contributed by atoms with Gasteiger partial charge in [-0.1, -0.05) is 0 Å². The first-order chi connectivity index (χ1) is 12.1. The van der Waals surface area contributed by atoms with Crippen molar-refractivity contribution in [2.45, 2.75) is 26.4 Å². The first-order valence-electron chi connectivity index (χ1n) is 8.41. The molecule has 0 spiro atoms. The van der Waals surface area contributed by atoms with Crippen molar-refractivity contribution < 1.29 is 27.1 Å². The lowest BCUT2D eigenvalue weighted by Crippen LogP contribution is -2.52. The van der Waals surface area contributed by atoms with E-state index < -0.39 is 21.7 Å². The monoisotopic (exact) mass is 388 g/mol. The van der Waals surface area contributed by atoms with Gasteiger partial charge in [0.25, 0.3) is 0 Å². The number of hydrogen-bond donors (Lipinski definition) is 0. The molecule has 0 aromatic heterocycles. The fraction of sp³-hybridized carbons (Fsp3) is 0.588. The average Bonchev–Trinajstić information content (AvgIpc) is 2.55. The third kappa shape index (κ3) is 6.14. The number of halogens is 1. The maximum absolute atomic E-state index is 12.8. The van der Waals surface area contributed by atoms with Gasteiger partial charge >= 0.3 is 6.09 Å². The molecule has 1 aliphatic rings. The summed E-state index contributed by atoms with van der Waals surface area (Å²) in [4.78, 5) is 13.5. The zero-order chi connectivity index (χ0) is 19.4. The van der Waals surface area contributed by atoms with Crippen LogP contribution in [-0.2, 0) is 14.8 Å². The largest absolute Gasteiger partial charge is 0.492 e. The molecule has 1 aromatic rings. The number of piperazine rings is 1. The van der Waals surface area contributed by atoms with Crippen LogP contribution in [0.1, 0.15) is 20.8 Å². The predicted octanol–water partition coefficient (Wildman–Crippen LogP) is 2.09. The Labute approximate surface area is 153 Å². The lowest BCUT2D eigenvalue weighted by Gasteiger charge is -2.34. The number of carbonyl (C=O) groups is 1. The molecular formula is C17H25FN2O5S. The molecule has 0 bridgehead atoms. The number of carbonyl (C=O) groups excluding carboxylic acids is 1. The highest BCUT2D eigenvalue weighted by atomic mass is 32.2. The van der Waals surface area contributed by atoms with Gasteiger partial charge in [0.1, 0.15) is 23.8 Å². The maximum atomic E-state index is 12.8. The van der Waals surface area contributed by atoms with E-state index in [1.165, 1.54) is 33.5 Å². The van der Waals surface area contributed by atoms with Crippen molar-refractivity contribution in [2.75, 3.05) is 38.5 Å². The summed E-state index contributed by atoms with van der Waals surface area (Å²) in [5.41, 5.74) is -0.585. The minimum atomic E-state index is -3.49. The van der Waals surface area contributed by atoms with Crippen molar-refractivity contribution >= 4 is 16.1 Å². The molecule has 0 N–H and O–H groups in total. The van der Waals surface area contributed by atoms with Crippen LogP contribution in [0.15, 0.2) is 24.3 Å². The van der Waals surface area contributed by atoms with Gasteiger partial charge in [-0.15, -0.1) is 0 Å². The van der Waals surface area contributed by atoms with Gasteiger partial charge in [-0.3, -0.25) is 0 Å². The van der Waals surface area contributed by atoms with Gasteiger partial charge in [-0.25, -0.2) is 17.6 Å². The SMILES string of the molecule is CC(C)(C)OC(=O)N1CCN(S(=O)(=O)CCOc2ccc(F)cc2)CC1. The van der Waals surface area contributed by atoms with Crippen LogP contribution in [-0.4, -0.2) is 67.9 Å². The molecule has 1 saturated heterocycles. The van der Waals surface area contributed by atoms with Crippen LogP contribution in [0.3, 0.4) is 0 Å². The summed E-state index contributed by atoms with van der Waals surface area (Å²) in [5, 5.41) is 0. The summed E-state index contributed by atoms with van der Waals surface area (Å²) in [6.07, 6.45) is -0.436. The van der Waals surface area contributed by atoms with E-state index in [4.69, 9.17) is 9.47 Å². The van der Waals surface area contributed by atoms with E-state index >= 15 is 0 Å². The molecule has 0 radical (unpaired) electrons. The van der Waals surface area contributed by atoms with Crippen LogP contribution in [0.25, 0.3) is 0 Å². The first kappa shape index (κ1) is 20.4. The summed E-state index contributed by atoms with van der Waals surface area (Å²) < 4.78 is 49.6. The molecular weight excluding hydrogens is 363 g/mol. The van der Waals surface area contributed by atoms with Crippen molar-refractivity contribution in [1.82, 2.24) is 9.21 Å². The Morgan fingerprint density at radius 1 is 1.12 bits per heavy atom. The number of ether oxygens (including phenoxy) is 2. The minimum Gasteiger partial charge on any atom is -0.492 e. The number of rotatable bonds is 5. The number of amides is 1. The molecule has 1 heterocycles. The molecule has 1 aromatic carbocycles. The summed E-state index contributed by atoms with van der Waals surface area (Å²) in [6, 6.07) is 5.39. The van der Waals surface area contributed by atoms with Gasteiger partial charge in [0.15, 0.2) is 0 Å². The summed E-state index contributed by atoms with van der Waals surface area (Å²) in [7, 11) is -3.49. The predicted molar refractivity (Wildman–Crippen MR) is 95.1 cm³/mol. The Hall–Kier alpha value is -1.87. The van der Waals surface area contributed by atoms with E-state index in [1.807, 2.05) is 0 Å². The molecule has 2 rings (SSSR count). The Morgan fingerprint density at radius 2 is 1.69 bits per heavy atom. The van der Waals surface area contributed by atoms with E-state index in [1.54, 1.807) is 20.8 Å². The highest BCUT2D eigenvalue weighted by Gasteiger charge is 2.30. The van der Waals surface area contributed by atoms with Crippen LogP contribution in [0.2, 0.25) is 0 Å². The molecule has 0 unspecified atom stereocenters. The van der Waals surface area contributed by atoms with Crippen molar-refractivity contribution in [1.29, 1.82) is 0 Å². The van der Waals surface area contributed by atoms with Crippen molar-refractivity contribution in [3.05, 3.63) is 30.1 Å². The second-order valence-electron chi connectivity index (χ2n) is 6.98. The fourth-order valence-corrected chi connectivity index (χ4v) is 3.67. The second kappa shape index (κ2) is 8.22. The van der Waals surface area contributed by atoms with Gasteiger partial charge in [0, 0.05) is 26.2 Å². The highest BCUT2D eigenvalue weighted by molar-refractivity contribution is 7.89. The van der Waals surface area contributed by atoms with E-state index in [9.17, 15) is 17.6 Å². The summed E-state index contributed by atoms with van der Waals surface area (Å²) >= 11 is 0. The standard InChI is InChI=1S/C17H25FN2O5S/c1-17(2,3)25-16(21)19-8-10-20(11-9-19)26(22,23)13-12-24-15-6-4-14(18)5-7-15/h4-7H,8-13H2,1-3H3. The highest BCUT2D eigenvalue weighted by Crippen LogP contribution is 2.15. The number of hydrogen-bond acceptors (Lipinski definition) is 5. The molecule has 9 heteroatoms. The Balaban J connectivity index is 1.79. The van der Waals surface area contributed by atoms with Crippen LogP contribution < -0.4 is 4.74 Å². The summed E-state index contributed by atoms with van der Waals surface area (Å²) in [6.45, 7) is 6.34. The zero-order valence-corrected chi connectivity index (χ0v) is 16.1. The molecule has 7 nitrogen and oxygen atoms in total. The molecule has 0 atom stereocenters.